The van der Waals surface area contributed by atoms with Crippen molar-refractivity contribution in [1.29, 1.82) is 0 Å². The summed E-state index contributed by atoms with van der Waals surface area (Å²) >= 11 is 0. The molecule has 0 heterocycles. The molecule has 1 aromatic carbocycles. The maximum Gasteiger partial charge on any atom is 0.328 e. The van der Waals surface area contributed by atoms with E-state index >= 15 is 0 Å². The Morgan fingerprint density at radius 3 is 2.43 bits per heavy atom. The molecule has 4 nitrogen and oxygen atoms in total. The Morgan fingerprint density at radius 1 is 1.29 bits per heavy atom. The van der Waals surface area contributed by atoms with Crippen LogP contribution in [0.5, 0.6) is 0 Å². The van der Waals surface area contributed by atoms with Crippen LogP contribution in [0.25, 0.3) is 6.08 Å². The predicted octanol–water partition coefficient (Wildman–Crippen LogP) is 3.18. The summed E-state index contributed by atoms with van der Waals surface area (Å²) in [6.45, 7) is 4.60. The molecule has 114 valence electrons. The Morgan fingerprint density at radius 2 is 1.90 bits per heavy atom. The molecule has 0 radical (unpaired) electrons. The predicted molar refractivity (Wildman–Crippen MR) is 83.7 cm³/mol. The van der Waals surface area contributed by atoms with Crippen LogP contribution in [-0.2, 0) is 16.1 Å². The minimum atomic E-state index is -0.964. The third-order valence-corrected chi connectivity index (χ3v) is 3.34. The Hall–Kier alpha value is -2.10. The first-order valence-electron chi connectivity index (χ1n) is 7.19. The van der Waals surface area contributed by atoms with Gasteiger partial charge in [-0.25, -0.2) is 4.79 Å². The molecule has 0 bridgehead atoms. The van der Waals surface area contributed by atoms with E-state index in [0.717, 1.165) is 30.0 Å². The van der Waals surface area contributed by atoms with Gasteiger partial charge in [0.25, 0.3) is 0 Å². The highest BCUT2D eigenvalue weighted by Gasteiger charge is 2.16. The zero-order chi connectivity index (χ0) is 15.8. The minimum absolute atomic E-state index is 0.0535. The van der Waals surface area contributed by atoms with Crippen molar-refractivity contribution in [2.75, 3.05) is 7.05 Å². The quantitative estimate of drug-likeness (QED) is 0.784. The van der Waals surface area contributed by atoms with Gasteiger partial charge in [-0.2, -0.15) is 0 Å². The van der Waals surface area contributed by atoms with Crippen LogP contribution in [0.15, 0.2) is 30.3 Å². The Kier molecular flexibility index (Phi) is 6.66. The fraction of sp³-hybridized carbons (Fsp3) is 0.412. The minimum Gasteiger partial charge on any atom is -0.478 e. The van der Waals surface area contributed by atoms with Gasteiger partial charge in [0.2, 0.25) is 5.91 Å². The number of carboxylic acid groups (broad SMARTS) is 1. The van der Waals surface area contributed by atoms with Crippen LogP contribution < -0.4 is 0 Å². The SMILES string of the molecule is CCCC(C)C(=O)N(C)Cc1ccc(C=CC(=O)O)cc1. The smallest absolute Gasteiger partial charge is 0.328 e. The third kappa shape index (κ3) is 5.81. The van der Waals surface area contributed by atoms with Gasteiger partial charge in [-0.05, 0) is 23.6 Å². The van der Waals surface area contributed by atoms with Gasteiger partial charge in [0.05, 0.1) is 0 Å². The molecular formula is C17H23NO3. The van der Waals surface area contributed by atoms with E-state index in [1.165, 1.54) is 0 Å². The number of carbonyl (C=O) groups excluding carboxylic acids is 1. The lowest BCUT2D eigenvalue weighted by molar-refractivity contribution is -0.134. The van der Waals surface area contributed by atoms with Crippen LogP contribution in [0.4, 0.5) is 0 Å². The largest absolute Gasteiger partial charge is 0.478 e. The van der Waals surface area contributed by atoms with Gasteiger partial charge in [-0.3, -0.25) is 4.79 Å². The summed E-state index contributed by atoms with van der Waals surface area (Å²) in [5.41, 5.74) is 1.86. The van der Waals surface area contributed by atoms with E-state index in [1.807, 2.05) is 38.2 Å². The number of hydrogen-bond acceptors (Lipinski definition) is 2. The molecule has 0 aliphatic rings. The summed E-state index contributed by atoms with van der Waals surface area (Å²) in [4.78, 5) is 24.3. The molecule has 1 atom stereocenters. The Bertz CT molecular complexity index is 505. The summed E-state index contributed by atoms with van der Waals surface area (Å²) in [7, 11) is 1.81. The zero-order valence-electron chi connectivity index (χ0n) is 12.9. The molecule has 0 aliphatic heterocycles. The second kappa shape index (κ2) is 8.25. The van der Waals surface area contributed by atoms with E-state index in [9.17, 15) is 9.59 Å². The fourth-order valence-electron chi connectivity index (χ4n) is 2.19. The van der Waals surface area contributed by atoms with Gasteiger partial charge in [0.1, 0.15) is 0 Å². The molecule has 0 saturated heterocycles. The average molecular weight is 289 g/mol. The van der Waals surface area contributed by atoms with Gasteiger partial charge in [-0.15, -0.1) is 0 Å². The zero-order valence-corrected chi connectivity index (χ0v) is 12.9. The molecule has 4 heteroatoms. The van der Waals surface area contributed by atoms with Gasteiger partial charge < -0.3 is 10.0 Å². The molecule has 0 fully saturated rings. The van der Waals surface area contributed by atoms with Crippen molar-refractivity contribution in [1.82, 2.24) is 4.90 Å². The highest BCUT2D eigenvalue weighted by molar-refractivity contribution is 5.85. The first-order chi connectivity index (χ1) is 9.93. The number of benzene rings is 1. The summed E-state index contributed by atoms with van der Waals surface area (Å²) in [5, 5.41) is 8.57. The molecule has 0 spiro atoms. The number of carbonyl (C=O) groups is 2. The second-order valence-corrected chi connectivity index (χ2v) is 5.30. The first-order valence-corrected chi connectivity index (χ1v) is 7.19. The van der Waals surface area contributed by atoms with E-state index < -0.39 is 5.97 Å². The molecule has 1 N–H and O–H groups in total. The standard InChI is InChI=1S/C17H23NO3/c1-4-5-13(2)17(21)18(3)12-15-8-6-14(7-9-15)10-11-16(19)20/h6-11,13H,4-5,12H2,1-3H3,(H,19,20). The molecule has 0 saturated carbocycles. The Balaban J connectivity index is 2.63. The number of hydrogen-bond donors (Lipinski definition) is 1. The fourth-order valence-corrected chi connectivity index (χ4v) is 2.19. The molecule has 0 aliphatic carbocycles. The number of amides is 1. The van der Waals surface area contributed by atoms with Gasteiger partial charge >= 0.3 is 5.97 Å². The normalized spacial score (nSPS) is 12.3. The Labute approximate surface area is 126 Å². The van der Waals surface area contributed by atoms with Gasteiger partial charge in [-0.1, -0.05) is 44.5 Å². The topological polar surface area (TPSA) is 57.6 Å². The van der Waals surface area contributed by atoms with Crippen LogP contribution in [0.2, 0.25) is 0 Å². The monoisotopic (exact) mass is 289 g/mol. The molecule has 1 unspecified atom stereocenters. The first kappa shape index (κ1) is 17.0. The second-order valence-electron chi connectivity index (χ2n) is 5.30. The summed E-state index contributed by atoms with van der Waals surface area (Å²) in [6, 6.07) is 7.52. The average Bonchev–Trinajstić information content (AvgIpc) is 2.45. The lowest BCUT2D eigenvalue weighted by Crippen LogP contribution is -2.31. The van der Waals surface area contributed by atoms with Crippen LogP contribution in [-0.4, -0.2) is 28.9 Å². The van der Waals surface area contributed by atoms with E-state index in [0.29, 0.717) is 6.54 Å². The number of aliphatic carboxylic acids is 1. The molecular weight excluding hydrogens is 266 g/mol. The summed E-state index contributed by atoms with van der Waals surface area (Å²) < 4.78 is 0. The van der Waals surface area contributed by atoms with Gasteiger partial charge in [0.15, 0.2) is 0 Å². The maximum atomic E-state index is 12.1. The van der Waals surface area contributed by atoms with Crippen molar-refractivity contribution in [2.24, 2.45) is 5.92 Å². The molecule has 1 aromatic rings. The van der Waals surface area contributed by atoms with E-state index in [2.05, 4.69) is 6.92 Å². The highest BCUT2D eigenvalue weighted by atomic mass is 16.4. The third-order valence-electron chi connectivity index (χ3n) is 3.34. The van der Waals surface area contributed by atoms with Crippen molar-refractivity contribution in [3.8, 4) is 0 Å². The van der Waals surface area contributed by atoms with Crippen LogP contribution >= 0.6 is 0 Å². The lowest BCUT2D eigenvalue weighted by atomic mass is 10.0. The van der Waals surface area contributed by atoms with Crippen LogP contribution in [0.1, 0.15) is 37.8 Å². The number of carboxylic acids is 1. The highest BCUT2D eigenvalue weighted by Crippen LogP contribution is 2.12. The summed E-state index contributed by atoms with van der Waals surface area (Å²) in [6.07, 6.45) is 4.56. The van der Waals surface area contributed by atoms with E-state index in [1.54, 1.807) is 11.0 Å². The van der Waals surface area contributed by atoms with Crippen LogP contribution in [0.3, 0.4) is 0 Å². The van der Waals surface area contributed by atoms with Crippen molar-refractivity contribution in [3.63, 3.8) is 0 Å². The maximum absolute atomic E-state index is 12.1. The molecule has 21 heavy (non-hydrogen) atoms. The number of nitrogens with zero attached hydrogens (tertiary/aromatic N) is 1. The van der Waals surface area contributed by atoms with Gasteiger partial charge in [0, 0.05) is 25.6 Å². The van der Waals surface area contributed by atoms with Crippen molar-refractivity contribution < 1.29 is 14.7 Å². The summed E-state index contributed by atoms with van der Waals surface area (Å²) in [5.74, 6) is -0.751. The van der Waals surface area contributed by atoms with Crippen molar-refractivity contribution >= 4 is 18.0 Å². The molecule has 1 rings (SSSR count). The van der Waals surface area contributed by atoms with Crippen molar-refractivity contribution in [3.05, 3.63) is 41.5 Å². The lowest BCUT2D eigenvalue weighted by Gasteiger charge is -2.21. The number of rotatable bonds is 7. The van der Waals surface area contributed by atoms with E-state index in [-0.39, 0.29) is 11.8 Å². The molecule has 0 aromatic heterocycles. The van der Waals surface area contributed by atoms with Crippen LogP contribution in [0, 0.1) is 5.92 Å². The molecule has 1 amide bonds. The van der Waals surface area contributed by atoms with Crippen molar-refractivity contribution in [2.45, 2.75) is 33.2 Å². The van der Waals surface area contributed by atoms with E-state index in [4.69, 9.17) is 5.11 Å².